The molecule has 0 amide bonds. The molecule has 0 aliphatic rings. The summed E-state index contributed by atoms with van der Waals surface area (Å²) in [5, 5.41) is 0. The van der Waals surface area contributed by atoms with Crippen molar-refractivity contribution in [2.45, 2.75) is 32.4 Å². The number of nitrogens with two attached hydrogens (primary N) is 1. The SMILES string of the molecule is [B]c1ccc(F)c(C(C)(N)Cn2cc(C(F)F)nc2C)c1. The van der Waals surface area contributed by atoms with Gasteiger partial charge in [0, 0.05) is 18.3 Å². The molecule has 1 heterocycles. The summed E-state index contributed by atoms with van der Waals surface area (Å²) >= 11 is 0. The third-order valence-corrected chi connectivity index (χ3v) is 3.32. The standard InChI is InChI=1S/C14H15BF3N3/c1-8-20-12(13(17)18)6-21(8)7-14(2,19)10-5-9(15)3-4-11(10)16/h3-6,13H,7,19H2,1-2H3. The van der Waals surface area contributed by atoms with Crippen LogP contribution in [0.4, 0.5) is 13.2 Å². The van der Waals surface area contributed by atoms with Gasteiger partial charge >= 0.3 is 0 Å². The van der Waals surface area contributed by atoms with Gasteiger partial charge in [-0.25, -0.2) is 18.2 Å². The van der Waals surface area contributed by atoms with Gasteiger partial charge in [-0.2, -0.15) is 0 Å². The zero-order valence-corrected chi connectivity index (χ0v) is 11.8. The number of benzene rings is 1. The molecule has 0 fully saturated rings. The van der Waals surface area contributed by atoms with Gasteiger partial charge in [0.2, 0.25) is 0 Å². The lowest BCUT2D eigenvalue weighted by Crippen LogP contribution is -2.39. The molecule has 0 saturated carbocycles. The second-order valence-corrected chi connectivity index (χ2v) is 5.30. The van der Waals surface area contributed by atoms with Crippen molar-refractivity contribution in [2.75, 3.05) is 0 Å². The van der Waals surface area contributed by atoms with Crippen molar-refractivity contribution in [3.63, 3.8) is 0 Å². The summed E-state index contributed by atoms with van der Waals surface area (Å²) < 4.78 is 40.7. The predicted molar refractivity (Wildman–Crippen MR) is 75.2 cm³/mol. The van der Waals surface area contributed by atoms with Crippen LogP contribution in [0.15, 0.2) is 24.4 Å². The highest BCUT2D eigenvalue weighted by atomic mass is 19.3. The predicted octanol–water partition coefficient (Wildman–Crippen LogP) is 1.94. The minimum Gasteiger partial charge on any atom is -0.332 e. The van der Waals surface area contributed by atoms with Crippen LogP contribution in [0.3, 0.4) is 0 Å². The van der Waals surface area contributed by atoms with E-state index in [4.69, 9.17) is 13.6 Å². The molecule has 0 spiro atoms. The first-order valence-corrected chi connectivity index (χ1v) is 6.37. The summed E-state index contributed by atoms with van der Waals surface area (Å²) in [4.78, 5) is 3.77. The molecule has 2 N–H and O–H groups in total. The molecule has 1 atom stereocenters. The molecule has 110 valence electrons. The monoisotopic (exact) mass is 293 g/mol. The van der Waals surface area contributed by atoms with Crippen molar-refractivity contribution in [1.29, 1.82) is 0 Å². The Morgan fingerprint density at radius 3 is 2.67 bits per heavy atom. The Bertz CT molecular complexity index is 653. The smallest absolute Gasteiger partial charge is 0.281 e. The van der Waals surface area contributed by atoms with Crippen LogP contribution in [0.5, 0.6) is 0 Å². The summed E-state index contributed by atoms with van der Waals surface area (Å²) in [5.74, 6) is -0.0904. The van der Waals surface area contributed by atoms with Crippen LogP contribution in [0.2, 0.25) is 0 Å². The Balaban J connectivity index is 2.34. The summed E-state index contributed by atoms with van der Waals surface area (Å²) in [7, 11) is 5.65. The maximum absolute atomic E-state index is 13.9. The van der Waals surface area contributed by atoms with Crippen molar-refractivity contribution < 1.29 is 13.2 Å². The number of hydrogen-bond donors (Lipinski definition) is 1. The minimum absolute atomic E-state index is 0.110. The van der Waals surface area contributed by atoms with Crippen molar-refractivity contribution in [2.24, 2.45) is 5.73 Å². The number of hydrogen-bond acceptors (Lipinski definition) is 2. The van der Waals surface area contributed by atoms with Crippen molar-refractivity contribution in [1.82, 2.24) is 9.55 Å². The number of aryl methyl sites for hydroxylation is 1. The number of imidazole rings is 1. The van der Waals surface area contributed by atoms with E-state index in [2.05, 4.69) is 4.98 Å². The van der Waals surface area contributed by atoms with E-state index in [0.717, 1.165) is 0 Å². The molecule has 2 aromatic rings. The molecule has 7 heteroatoms. The molecule has 1 aromatic carbocycles. The topological polar surface area (TPSA) is 43.8 Å². The molecular formula is C14H15BF3N3. The summed E-state index contributed by atoms with van der Waals surface area (Å²) in [6.07, 6.45) is -1.42. The van der Waals surface area contributed by atoms with E-state index in [-0.39, 0.29) is 17.8 Å². The second kappa shape index (κ2) is 5.56. The van der Waals surface area contributed by atoms with Gasteiger partial charge in [-0.15, -0.1) is 0 Å². The van der Waals surface area contributed by atoms with Gasteiger partial charge in [0.05, 0.1) is 5.54 Å². The Morgan fingerprint density at radius 1 is 1.43 bits per heavy atom. The lowest BCUT2D eigenvalue weighted by atomic mass is 9.86. The molecule has 21 heavy (non-hydrogen) atoms. The molecule has 0 bridgehead atoms. The van der Waals surface area contributed by atoms with Crippen LogP contribution < -0.4 is 11.2 Å². The normalized spacial score (nSPS) is 14.4. The van der Waals surface area contributed by atoms with Crippen molar-refractivity contribution in [3.05, 3.63) is 47.3 Å². The molecule has 0 saturated heterocycles. The van der Waals surface area contributed by atoms with Gasteiger partial charge in [-0.3, -0.25) is 0 Å². The van der Waals surface area contributed by atoms with E-state index < -0.39 is 17.8 Å². The van der Waals surface area contributed by atoms with E-state index in [1.165, 1.54) is 29.0 Å². The molecule has 1 aromatic heterocycles. The van der Waals surface area contributed by atoms with Gasteiger partial charge in [0.1, 0.15) is 25.2 Å². The number of halogens is 3. The van der Waals surface area contributed by atoms with Crippen LogP contribution in [0.1, 0.15) is 30.4 Å². The zero-order chi connectivity index (χ0) is 15.8. The van der Waals surface area contributed by atoms with Gasteiger partial charge in [0.25, 0.3) is 6.43 Å². The average Bonchev–Trinajstić information content (AvgIpc) is 2.73. The average molecular weight is 293 g/mol. The number of rotatable bonds is 4. The van der Waals surface area contributed by atoms with Crippen LogP contribution in [0, 0.1) is 12.7 Å². The summed E-state index contributed by atoms with van der Waals surface area (Å²) in [6, 6.07) is 4.13. The highest BCUT2D eigenvalue weighted by Gasteiger charge is 2.27. The molecule has 2 rings (SSSR count). The van der Waals surface area contributed by atoms with Gasteiger partial charge < -0.3 is 10.3 Å². The number of aromatic nitrogens is 2. The lowest BCUT2D eigenvalue weighted by Gasteiger charge is -2.27. The van der Waals surface area contributed by atoms with Crippen LogP contribution >= 0.6 is 0 Å². The van der Waals surface area contributed by atoms with Crippen LogP contribution in [0.25, 0.3) is 0 Å². The Morgan fingerprint density at radius 2 is 2.10 bits per heavy atom. The number of alkyl halides is 2. The molecule has 3 nitrogen and oxygen atoms in total. The second-order valence-electron chi connectivity index (χ2n) is 5.30. The highest BCUT2D eigenvalue weighted by molar-refractivity contribution is 6.32. The zero-order valence-electron chi connectivity index (χ0n) is 11.8. The Labute approximate surface area is 122 Å². The van der Waals surface area contributed by atoms with Gasteiger partial charge in [-0.1, -0.05) is 17.6 Å². The summed E-state index contributed by atoms with van der Waals surface area (Å²) in [5.41, 5.74) is 5.35. The third kappa shape index (κ3) is 3.29. The minimum atomic E-state index is -2.65. The fourth-order valence-electron chi connectivity index (χ4n) is 2.22. The molecule has 0 aliphatic heterocycles. The summed E-state index contributed by atoms with van der Waals surface area (Å²) in [6.45, 7) is 3.32. The molecule has 1 unspecified atom stereocenters. The molecule has 0 aliphatic carbocycles. The fourth-order valence-corrected chi connectivity index (χ4v) is 2.22. The third-order valence-electron chi connectivity index (χ3n) is 3.32. The Kier molecular flexibility index (Phi) is 4.14. The highest BCUT2D eigenvalue weighted by Crippen LogP contribution is 2.24. The van der Waals surface area contributed by atoms with Gasteiger partial charge in [0.15, 0.2) is 0 Å². The van der Waals surface area contributed by atoms with E-state index in [9.17, 15) is 13.2 Å². The van der Waals surface area contributed by atoms with Crippen molar-refractivity contribution >= 4 is 13.3 Å². The first kappa shape index (κ1) is 15.6. The van der Waals surface area contributed by atoms with E-state index >= 15 is 0 Å². The van der Waals surface area contributed by atoms with E-state index in [0.29, 0.717) is 11.3 Å². The van der Waals surface area contributed by atoms with E-state index in [1.54, 1.807) is 13.8 Å². The van der Waals surface area contributed by atoms with E-state index in [1.807, 2.05) is 0 Å². The maximum atomic E-state index is 13.9. The number of nitrogens with zero attached hydrogens (tertiary/aromatic N) is 2. The maximum Gasteiger partial charge on any atom is 0.281 e. The fraction of sp³-hybridized carbons (Fsp3) is 0.357. The largest absolute Gasteiger partial charge is 0.332 e. The van der Waals surface area contributed by atoms with Crippen LogP contribution in [-0.2, 0) is 12.1 Å². The van der Waals surface area contributed by atoms with Gasteiger partial charge in [-0.05, 0) is 19.9 Å². The Hall–Kier alpha value is -1.76. The van der Waals surface area contributed by atoms with Crippen molar-refractivity contribution in [3.8, 4) is 0 Å². The van der Waals surface area contributed by atoms with Crippen LogP contribution in [-0.4, -0.2) is 17.4 Å². The lowest BCUT2D eigenvalue weighted by molar-refractivity contribution is 0.146. The molecule has 2 radical (unpaired) electrons. The first-order valence-electron chi connectivity index (χ1n) is 6.37. The quantitative estimate of drug-likeness (QED) is 0.875. The first-order chi connectivity index (χ1) is 9.70. The molecular weight excluding hydrogens is 278 g/mol.